The van der Waals surface area contributed by atoms with Crippen molar-refractivity contribution in [1.29, 1.82) is 0 Å². The minimum absolute atomic E-state index is 0.162. The van der Waals surface area contributed by atoms with E-state index in [4.69, 9.17) is 28.4 Å². The van der Waals surface area contributed by atoms with Gasteiger partial charge in [0, 0.05) is 6.42 Å². The first-order valence-corrected chi connectivity index (χ1v) is 8.30. The quantitative estimate of drug-likeness (QED) is 0.737. The van der Waals surface area contributed by atoms with Crippen LogP contribution in [0.5, 0.6) is 0 Å². The van der Waals surface area contributed by atoms with Crippen LogP contribution in [0.25, 0.3) is 0 Å². The van der Waals surface area contributed by atoms with Crippen LogP contribution in [0.3, 0.4) is 0 Å². The van der Waals surface area contributed by atoms with Gasteiger partial charge in [-0.2, -0.15) is 0 Å². The highest BCUT2D eigenvalue weighted by Gasteiger charge is 2.66. The first-order valence-electron chi connectivity index (χ1n) is 8.30. The molecule has 0 aromatic rings. The highest BCUT2D eigenvalue weighted by atomic mass is 16.8. The summed E-state index contributed by atoms with van der Waals surface area (Å²) in [6.07, 6.45) is 2.19. The van der Waals surface area contributed by atoms with Gasteiger partial charge < -0.3 is 28.4 Å². The summed E-state index contributed by atoms with van der Waals surface area (Å²) in [5, 5.41) is 0. The number of hydrogen-bond acceptors (Lipinski definition) is 6. The lowest BCUT2D eigenvalue weighted by Crippen LogP contribution is -2.47. The summed E-state index contributed by atoms with van der Waals surface area (Å²) < 4.78 is 36.4. The van der Waals surface area contributed by atoms with Crippen molar-refractivity contribution in [3.63, 3.8) is 0 Å². The molecule has 5 atom stereocenters. The molecule has 6 heteroatoms. The Morgan fingerprint density at radius 2 is 1.59 bits per heavy atom. The second-order valence-corrected chi connectivity index (χ2v) is 7.59. The largest absolute Gasteiger partial charge is 0.348 e. The molecule has 126 valence electrons. The summed E-state index contributed by atoms with van der Waals surface area (Å²) in [5.74, 6) is -1.90. The predicted octanol–water partition coefficient (Wildman–Crippen LogP) is 1.95. The van der Waals surface area contributed by atoms with Gasteiger partial charge in [-0.05, 0) is 40.5 Å². The summed E-state index contributed by atoms with van der Waals surface area (Å²) in [6.45, 7) is 8.92. The second-order valence-electron chi connectivity index (χ2n) is 7.59. The van der Waals surface area contributed by atoms with Crippen molar-refractivity contribution in [1.82, 2.24) is 0 Å². The summed E-state index contributed by atoms with van der Waals surface area (Å²) in [6, 6.07) is 0. The molecule has 0 aliphatic carbocycles. The maximum Gasteiger partial charge on any atom is 0.198 e. The minimum atomic E-state index is -0.697. The van der Waals surface area contributed by atoms with Crippen molar-refractivity contribution in [2.24, 2.45) is 0 Å². The van der Waals surface area contributed by atoms with Crippen LogP contribution in [0.1, 0.15) is 47.0 Å². The third-order valence-corrected chi connectivity index (χ3v) is 4.88. The lowest BCUT2D eigenvalue weighted by molar-refractivity contribution is -0.312. The molecule has 0 amide bonds. The fourth-order valence-corrected chi connectivity index (χ4v) is 4.01. The molecule has 0 saturated carbocycles. The average Bonchev–Trinajstić information content (AvgIpc) is 3.04. The summed E-state index contributed by atoms with van der Waals surface area (Å²) in [7, 11) is 0. The highest BCUT2D eigenvalue weighted by molar-refractivity contribution is 5.06. The molecule has 4 rings (SSSR count). The smallest absolute Gasteiger partial charge is 0.198 e. The van der Waals surface area contributed by atoms with Gasteiger partial charge in [0.2, 0.25) is 0 Å². The zero-order chi connectivity index (χ0) is 15.6. The molecule has 0 radical (unpaired) electrons. The maximum absolute atomic E-state index is 6.35. The van der Waals surface area contributed by atoms with Gasteiger partial charge in [0.25, 0.3) is 0 Å². The third-order valence-electron chi connectivity index (χ3n) is 4.88. The Morgan fingerprint density at radius 3 is 2.23 bits per heavy atom. The lowest BCUT2D eigenvalue weighted by atomic mass is 9.97. The Hall–Kier alpha value is -0.240. The first-order chi connectivity index (χ1) is 10.3. The number of fused-ring (bicyclic) bond motifs is 2. The molecule has 6 nitrogen and oxygen atoms in total. The Balaban J connectivity index is 1.60. The normalized spacial score (nSPS) is 49.6. The fraction of sp³-hybridized carbons (Fsp3) is 1.00. The van der Waals surface area contributed by atoms with E-state index in [9.17, 15) is 0 Å². The zero-order valence-electron chi connectivity index (χ0n) is 13.8. The monoisotopic (exact) mass is 314 g/mol. The standard InChI is InChI=1S/C16H26O6/c1-14(2)18-9-10(19-14)11-12-13(22-15(3,4)20-12)16(21-11)7-5-6-8-17-16/h10-13H,5-9H2,1-4H3/t10?,11-,12-,13+,16-/m1/s1. The van der Waals surface area contributed by atoms with E-state index in [1.54, 1.807) is 0 Å². The van der Waals surface area contributed by atoms with Crippen LogP contribution in [0, 0.1) is 0 Å². The number of rotatable bonds is 1. The molecule has 4 aliphatic heterocycles. The molecule has 4 saturated heterocycles. The third kappa shape index (κ3) is 2.41. The van der Waals surface area contributed by atoms with Crippen LogP contribution in [-0.2, 0) is 28.4 Å². The highest BCUT2D eigenvalue weighted by Crippen LogP contribution is 2.50. The topological polar surface area (TPSA) is 55.4 Å². The number of ether oxygens (including phenoxy) is 6. The van der Waals surface area contributed by atoms with E-state index < -0.39 is 17.4 Å². The van der Waals surface area contributed by atoms with Crippen LogP contribution in [0.2, 0.25) is 0 Å². The molecule has 0 bridgehead atoms. The van der Waals surface area contributed by atoms with Crippen LogP contribution < -0.4 is 0 Å². The van der Waals surface area contributed by atoms with Crippen LogP contribution in [0.4, 0.5) is 0 Å². The van der Waals surface area contributed by atoms with Crippen LogP contribution in [0.15, 0.2) is 0 Å². The molecule has 4 heterocycles. The van der Waals surface area contributed by atoms with Crippen molar-refractivity contribution in [2.75, 3.05) is 13.2 Å². The first kappa shape index (κ1) is 15.3. The van der Waals surface area contributed by atoms with E-state index in [0.717, 1.165) is 19.3 Å². The van der Waals surface area contributed by atoms with Gasteiger partial charge >= 0.3 is 0 Å². The molecule has 0 aromatic carbocycles. The van der Waals surface area contributed by atoms with Gasteiger partial charge in [-0.25, -0.2) is 0 Å². The molecule has 1 unspecified atom stereocenters. The van der Waals surface area contributed by atoms with Crippen molar-refractivity contribution < 1.29 is 28.4 Å². The Bertz CT molecular complexity index is 442. The summed E-state index contributed by atoms with van der Waals surface area (Å²) in [5.41, 5.74) is 0. The summed E-state index contributed by atoms with van der Waals surface area (Å²) >= 11 is 0. The van der Waals surface area contributed by atoms with Crippen molar-refractivity contribution in [2.45, 2.75) is 88.7 Å². The van der Waals surface area contributed by atoms with Crippen LogP contribution in [-0.4, -0.2) is 55.0 Å². The molecule has 4 fully saturated rings. The van der Waals surface area contributed by atoms with Gasteiger partial charge in [0.1, 0.15) is 24.4 Å². The minimum Gasteiger partial charge on any atom is -0.348 e. The van der Waals surface area contributed by atoms with Gasteiger partial charge in [-0.1, -0.05) is 0 Å². The molecular formula is C16H26O6. The van der Waals surface area contributed by atoms with Gasteiger partial charge in [-0.15, -0.1) is 0 Å². The Morgan fingerprint density at radius 1 is 0.773 bits per heavy atom. The van der Waals surface area contributed by atoms with Crippen LogP contribution >= 0.6 is 0 Å². The molecule has 22 heavy (non-hydrogen) atoms. The molecule has 0 aromatic heterocycles. The molecule has 4 aliphatic rings. The SMILES string of the molecule is CC1(C)OCC([C@H]2O[C@]3(CCCCO3)[C@H]3OC(C)(C)O[C@H]23)O1. The molecule has 1 spiro atoms. The second kappa shape index (κ2) is 4.88. The fourth-order valence-electron chi connectivity index (χ4n) is 4.01. The van der Waals surface area contributed by atoms with E-state index in [2.05, 4.69) is 0 Å². The Kier molecular flexibility index (Phi) is 3.39. The predicted molar refractivity (Wildman–Crippen MR) is 76.1 cm³/mol. The van der Waals surface area contributed by atoms with Gasteiger partial charge in [0.05, 0.1) is 13.2 Å². The van der Waals surface area contributed by atoms with Crippen molar-refractivity contribution >= 4 is 0 Å². The van der Waals surface area contributed by atoms with E-state index in [-0.39, 0.29) is 24.4 Å². The summed E-state index contributed by atoms with van der Waals surface area (Å²) in [4.78, 5) is 0. The molecular weight excluding hydrogens is 288 g/mol. The van der Waals surface area contributed by atoms with Crippen molar-refractivity contribution in [3.8, 4) is 0 Å². The van der Waals surface area contributed by atoms with E-state index in [1.165, 1.54) is 0 Å². The average molecular weight is 314 g/mol. The zero-order valence-corrected chi connectivity index (χ0v) is 13.8. The Labute approximate surface area is 131 Å². The van der Waals surface area contributed by atoms with Gasteiger partial charge in [0.15, 0.2) is 17.4 Å². The lowest BCUT2D eigenvalue weighted by Gasteiger charge is -2.37. The molecule has 0 N–H and O–H groups in total. The number of hydrogen-bond donors (Lipinski definition) is 0. The van der Waals surface area contributed by atoms with E-state index in [0.29, 0.717) is 13.2 Å². The van der Waals surface area contributed by atoms with Crippen molar-refractivity contribution in [3.05, 3.63) is 0 Å². The maximum atomic E-state index is 6.35. The van der Waals surface area contributed by atoms with Gasteiger partial charge in [-0.3, -0.25) is 0 Å². The van der Waals surface area contributed by atoms with E-state index >= 15 is 0 Å². The van der Waals surface area contributed by atoms with E-state index in [1.807, 2.05) is 27.7 Å².